The minimum absolute atomic E-state index is 0.0618. The SMILES string of the molecule is O=C(O)[C@@H]1CC[C@@H]2CN(C(=O)OCC3c4ccccc4-c4ccccc43)CC[C@@H]21. The number of carbonyl (C=O) groups is 2. The predicted molar refractivity (Wildman–Crippen MR) is 109 cm³/mol. The van der Waals surface area contributed by atoms with E-state index in [1.165, 1.54) is 22.3 Å². The number of nitrogens with zero attached hydrogens (tertiary/aromatic N) is 1. The van der Waals surface area contributed by atoms with Gasteiger partial charge in [-0.15, -0.1) is 0 Å². The van der Waals surface area contributed by atoms with Crippen LogP contribution in [0.3, 0.4) is 0 Å². The van der Waals surface area contributed by atoms with Crippen LogP contribution in [0.1, 0.15) is 36.3 Å². The van der Waals surface area contributed by atoms with Crippen molar-refractivity contribution in [2.24, 2.45) is 17.8 Å². The molecule has 0 radical (unpaired) electrons. The summed E-state index contributed by atoms with van der Waals surface area (Å²) in [7, 11) is 0. The van der Waals surface area contributed by atoms with Crippen molar-refractivity contribution >= 4 is 12.1 Å². The molecule has 1 amide bonds. The smallest absolute Gasteiger partial charge is 0.409 e. The molecule has 2 aromatic rings. The fourth-order valence-corrected chi connectivity index (χ4v) is 5.65. The second-order valence-corrected chi connectivity index (χ2v) is 8.48. The van der Waals surface area contributed by atoms with Crippen molar-refractivity contribution < 1.29 is 19.4 Å². The number of carboxylic acids is 1. The van der Waals surface area contributed by atoms with E-state index in [2.05, 4.69) is 24.3 Å². The van der Waals surface area contributed by atoms with Gasteiger partial charge in [0.15, 0.2) is 0 Å². The van der Waals surface area contributed by atoms with E-state index in [1.807, 2.05) is 24.3 Å². The second kappa shape index (κ2) is 7.21. The van der Waals surface area contributed by atoms with E-state index in [9.17, 15) is 14.7 Å². The molecule has 1 saturated heterocycles. The Kier molecular flexibility index (Phi) is 4.53. The van der Waals surface area contributed by atoms with Crippen molar-refractivity contribution in [1.82, 2.24) is 4.90 Å². The molecule has 5 heteroatoms. The highest BCUT2D eigenvalue weighted by atomic mass is 16.6. The summed E-state index contributed by atoms with van der Waals surface area (Å²) >= 11 is 0. The summed E-state index contributed by atoms with van der Waals surface area (Å²) in [6.45, 7) is 1.53. The molecule has 5 nitrogen and oxygen atoms in total. The van der Waals surface area contributed by atoms with Gasteiger partial charge in [0.05, 0.1) is 5.92 Å². The molecule has 150 valence electrons. The first-order valence-corrected chi connectivity index (χ1v) is 10.5. The maximum atomic E-state index is 12.8. The van der Waals surface area contributed by atoms with Crippen molar-refractivity contribution in [2.45, 2.75) is 25.2 Å². The molecule has 1 N–H and O–H groups in total. The number of hydrogen-bond donors (Lipinski definition) is 1. The van der Waals surface area contributed by atoms with Gasteiger partial charge in [0.25, 0.3) is 0 Å². The fourth-order valence-electron chi connectivity index (χ4n) is 5.65. The van der Waals surface area contributed by atoms with Crippen LogP contribution >= 0.6 is 0 Å². The molecule has 3 aliphatic rings. The molecule has 1 saturated carbocycles. The standard InChI is InChI=1S/C24H25NO4/c26-23(27)21-10-9-15-13-25(12-11-16(15)21)24(28)29-14-22-19-7-3-1-5-17(19)18-6-2-4-8-20(18)22/h1-8,15-16,21-22H,9-14H2,(H,26,27)/t15-,16+,21-/m1/s1. The lowest BCUT2D eigenvalue weighted by molar-refractivity contribution is -0.143. The summed E-state index contributed by atoms with van der Waals surface area (Å²) in [4.78, 5) is 26.0. The Hall–Kier alpha value is -2.82. The lowest BCUT2D eigenvalue weighted by atomic mass is 9.83. The molecular formula is C24H25NO4. The van der Waals surface area contributed by atoms with Crippen LogP contribution in [-0.4, -0.2) is 41.8 Å². The number of rotatable bonds is 3. The van der Waals surface area contributed by atoms with E-state index in [0.29, 0.717) is 19.7 Å². The number of piperidine rings is 1. The molecule has 0 spiro atoms. The van der Waals surface area contributed by atoms with Crippen LogP contribution in [0, 0.1) is 17.8 Å². The lowest BCUT2D eigenvalue weighted by Crippen LogP contribution is -2.44. The quantitative estimate of drug-likeness (QED) is 0.844. The first-order chi connectivity index (χ1) is 14.1. The second-order valence-electron chi connectivity index (χ2n) is 8.48. The van der Waals surface area contributed by atoms with E-state index in [4.69, 9.17) is 4.74 Å². The Morgan fingerprint density at radius 2 is 1.62 bits per heavy atom. The maximum absolute atomic E-state index is 12.8. The monoisotopic (exact) mass is 391 g/mol. The van der Waals surface area contributed by atoms with Gasteiger partial charge >= 0.3 is 12.1 Å². The summed E-state index contributed by atoms with van der Waals surface area (Å²) in [5.74, 6) is -0.390. The molecule has 0 unspecified atom stereocenters. The van der Waals surface area contributed by atoms with Gasteiger partial charge in [0.2, 0.25) is 0 Å². The Balaban J connectivity index is 1.26. The third kappa shape index (κ3) is 3.09. The van der Waals surface area contributed by atoms with Crippen LogP contribution < -0.4 is 0 Å². The minimum atomic E-state index is -0.688. The molecule has 5 rings (SSSR count). The van der Waals surface area contributed by atoms with Crippen LogP contribution in [0.15, 0.2) is 48.5 Å². The number of likely N-dealkylation sites (tertiary alicyclic amines) is 1. The van der Waals surface area contributed by atoms with Crippen LogP contribution in [-0.2, 0) is 9.53 Å². The topological polar surface area (TPSA) is 66.8 Å². The van der Waals surface area contributed by atoms with Crippen LogP contribution in [0.4, 0.5) is 4.79 Å². The van der Waals surface area contributed by atoms with E-state index in [1.54, 1.807) is 4.90 Å². The zero-order valence-corrected chi connectivity index (χ0v) is 16.3. The largest absolute Gasteiger partial charge is 0.481 e. The van der Waals surface area contributed by atoms with Crippen molar-refractivity contribution in [1.29, 1.82) is 0 Å². The Labute approximate surface area is 170 Å². The number of hydrogen-bond acceptors (Lipinski definition) is 3. The Morgan fingerprint density at radius 1 is 0.966 bits per heavy atom. The average molecular weight is 391 g/mol. The molecule has 0 bridgehead atoms. The minimum Gasteiger partial charge on any atom is -0.481 e. The van der Waals surface area contributed by atoms with Crippen LogP contribution in [0.5, 0.6) is 0 Å². The van der Waals surface area contributed by atoms with Gasteiger partial charge in [-0.3, -0.25) is 4.79 Å². The number of fused-ring (bicyclic) bond motifs is 4. The molecule has 2 aliphatic carbocycles. The number of benzene rings is 2. The van der Waals surface area contributed by atoms with E-state index < -0.39 is 5.97 Å². The number of ether oxygens (including phenoxy) is 1. The third-order valence-corrected chi connectivity index (χ3v) is 7.07. The highest BCUT2D eigenvalue weighted by molar-refractivity contribution is 5.79. The number of amides is 1. The number of aliphatic carboxylic acids is 1. The molecule has 1 heterocycles. The summed E-state index contributed by atoms with van der Waals surface area (Å²) < 4.78 is 5.77. The third-order valence-electron chi connectivity index (χ3n) is 7.07. The lowest BCUT2D eigenvalue weighted by Gasteiger charge is -2.35. The zero-order chi connectivity index (χ0) is 20.0. The zero-order valence-electron chi connectivity index (χ0n) is 16.3. The normalized spacial score (nSPS) is 25.2. The van der Waals surface area contributed by atoms with Crippen molar-refractivity contribution in [2.75, 3.05) is 19.7 Å². The van der Waals surface area contributed by atoms with Crippen LogP contribution in [0.2, 0.25) is 0 Å². The van der Waals surface area contributed by atoms with Crippen molar-refractivity contribution in [3.05, 3.63) is 59.7 Å². The van der Waals surface area contributed by atoms with Gasteiger partial charge in [-0.1, -0.05) is 48.5 Å². The molecule has 1 aliphatic heterocycles. The Morgan fingerprint density at radius 3 is 2.28 bits per heavy atom. The molecule has 2 fully saturated rings. The first-order valence-electron chi connectivity index (χ1n) is 10.5. The average Bonchev–Trinajstić information content (AvgIpc) is 3.31. The Bertz CT molecular complexity index is 910. The van der Waals surface area contributed by atoms with Gasteiger partial charge in [-0.2, -0.15) is 0 Å². The molecule has 2 aromatic carbocycles. The first kappa shape index (κ1) is 18.2. The van der Waals surface area contributed by atoms with Gasteiger partial charge in [0.1, 0.15) is 6.61 Å². The van der Waals surface area contributed by atoms with Crippen LogP contribution in [0.25, 0.3) is 11.1 Å². The summed E-state index contributed by atoms with van der Waals surface area (Å²) in [5, 5.41) is 9.39. The predicted octanol–water partition coefficient (Wildman–Crippen LogP) is 4.37. The van der Waals surface area contributed by atoms with Gasteiger partial charge in [-0.25, -0.2) is 4.79 Å². The summed E-state index contributed by atoms with van der Waals surface area (Å²) in [6.07, 6.45) is 2.09. The van der Waals surface area contributed by atoms with E-state index in [0.717, 1.165) is 19.3 Å². The van der Waals surface area contributed by atoms with Gasteiger partial charge in [-0.05, 0) is 53.4 Å². The van der Waals surface area contributed by atoms with Crippen molar-refractivity contribution in [3.63, 3.8) is 0 Å². The number of carboxylic acid groups (broad SMARTS) is 1. The van der Waals surface area contributed by atoms with Gasteiger partial charge < -0.3 is 14.7 Å². The summed E-state index contributed by atoms with van der Waals surface area (Å²) in [6, 6.07) is 16.6. The molecule has 0 aromatic heterocycles. The molecule has 3 atom stereocenters. The highest BCUT2D eigenvalue weighted by Gasteiger charge is 2.44. The molecule has 29 heavy (non-hydrogen) atoms. The van der Waals surface area contributed by atoms with E-state index in [-0.39, 0.29) is 29.8 Å². The highest BCUT2D eigenvalue weighted by Crippen LogP contribution is 2.45. The summed E-state index contributed by atoms with van der Waals surface area (Å²) in [5.41, 5.74) is 4.85. The molecular weight excluding hydrogens is 366 g/mol. The van der Waals surface area contributed by atoms with Crippen molar-refractivity contribution in [3.8, 4) is 11.1 Å². The number of carbonyl (C=O) groups excluding carboxylic acids is 1. The fraction of sp³-hybridized carbons (Fsp3) is 0.417. The van der Waals surface area contributed by atoms with Gasteiger partial charge in [0, 0.05) is 19.0 Å². The maximum Gasteiger partial charge on any atom is 0.409 e. The van der Waals surface area contributed by atoms with E-state index >= 15 is 0 Å².